The molecular weight excluding hydrogens is 192 g/mol. The molecule has 1 heterocycles. The molecule has 1 aliphatic carbocycles. The minimum atomic E-state index is 0.492. The summed E-state index contributed by atoms with van der Waals surface area (Å²) in [7, 11) is 0. The Bertz CT molecular complexity index is 599. The lowest BCUT2D eigenvalue weighted by Crippen LogP contribution is -2.16. The van der Waals surface area contributed by atoms with Crippen molar-refractivity contribution in [3.63, 3.8) is 0 Å². The predicted octanol–water partition coefficient (Wildman–Crippen LogP) is 0.932. The number of hydrogen-bond donors (Lipinski definition) is 1. The first-order chi connectivity index (χ1) is 6.81. The lowest BCUT2D eigenvalue weighted by molar-refractivity contribution is 1.20. The molecule has 2 nitrogen and oxygen atoms in total. The van der Waals surface area contributed by atoms with Crippen LogP contribution in [0.15, 0.2) is 36.4 Å². The third-order valence-corrected chi connectivity index (χ3v) is 2.33. The Morgan fingerprint density at radius 1 is 1.21 bits per heavy atom. The first-order valence-electron chi connectivity index (χ1n) is 4.17. The molecule has 0 atom stereocenters. The van der Waals surface area contributed by atoms with Crippen LogP contribution >= 0.6 is 12.2 Å². The molecule has 1 aliphatic rings. The first-order valence-corrected chi connectivity index (χ1v) is 4.57. The monoisotopic (exact) mass is 199 g/mol. The summed E-state index contributed by atoms with van der Waals surface area (Å²) in [6.07, 6.45) is 7.91. The molecule has 0 fully saturated rings. The minimum absolute atomic E-state index is 0.492. The Balaban J connectivity index is 2.83. The zero-order valence-electron chi connectivity index (χ0n) is 7.32. The summed E-state index contributed by atoms with van der Waals surface area (Å²) in [5.41, 5.74) is 1.08. The molecule has 14 heavy (non-hydrogen) atoms. The van der Waals surface area contributed by atoms with Crippen molar-refractivity contribution in [2.75, 3.05) is 0 Å². The van der Waals surface area contributed by atoms with E-state index in [1.807, 2.05) is 36.2 Å². The molecule has 0 unspecified atom stereocenters. The van der Waals surface area contributed by atoms with E-state index in [0.717, 1.165) is 10.9 Å². The van der Waals surface area contributed by atoms with Crippen molar-refractivity contribution < 1.29 is 0 Å². The molecule has 0 bridgehead atoms. The van der Waals surface area contributed by atoms with E-state index in [9.17, 15) is 0 Å². The Hall–Kier alpha value is -1.70. The summed E-state index contributed by atoms with van der Waals surface area (Å²) in [6, 6.07) is 3.60. The topological polar surface area (TPSA) is 38.1 Å². The molecule has 0 radical (unpaired) electrons. The van der Waals surface area contributed by atoms with Gasteiger partial charge in [0.2, 0.25) is 0 Å². The molecule has 0 saturated carbocycles. The number of rotatable bonds is 0. The van der Waals surface area contributed by atoms with Gasteiger partial charge >= 0.3 is 0 Å². The number of aromatic amines is 1. The minimum Gasteiger partial charge on any atom is -0.763 e. The van der Waals surface area contributed by atoms with Gasteiger partial charge in [0.05, 0.1) is 0 Å². The molecule has 1 aromatic heterocycles. The van der Waals surface area contributed by atoms with E-state index in [2.05, 4.69) is 4.98 Å². The van der Waals surface area contributed by atoms with Gasteiger partial charge in [0.1, 0.15) is 4.64 Å². The van der Waals surface area contributed by atoms with Crippen molar-refractivity contribution in [1.29, 1.82) is 0 Å². The van der Waals surface area contributed by atoms with E-state index in [-0.39, 0.29) is 0 Å². The molecule has 68 valence electrons. The number of nitrogens with one attached hydrogen (secondary N) is 1. The van der Waals surface area contributed by atoms with Gasteiger partial charge in [0.15, 0.2) is 0 Å². The van der Waals surface area contributed by atoms with E-state index in [0.29, 0.717) is 9.86 Å². The van der Waals surface area contributed by atoms with Crippen LogP contribution < -0.4 is 10.6 Å². The summed E-state index contributed by atoms with van der Waals surface area (Å²) >= 11 is 5.03. The summed E-state index contributed by atoms with van der Waals surface area (Å²) in [6.45, 7) is 0. The van der Waals surface area contributed by atoms with Gasteiger partial charge in [-0.15, -0.1) is 0 Å². The zero-order chi connectivity index (χ0) is 9.97. The SMILES string of the molecule is [N-]=C=c1ccc(=C2C=CC=C2)[nH]c1=S. The lowest BCUT2D eigenvalue weighted by Gasteiger charge is -1.92. The van der Waals surface area contributed by atoms with E-state index in [4.69, 9.17) is 17.6 Å². The zero-order valence-corrected chi connectivity index (χ0v) is 8.14. The highest BCUT2D eigenvalue weighted by Gasteiger charge is 1.93. The Morgan fingerprint density at radius 2 is 1.93 bits per heavy atom. The molecule has 0 saturated heterocycles. The van der Waals surface area contributed by atoms with Crippen molar-refractivity contribution in [1.82, 2.24) is 4.98 Å². The maximum absolute atomic E-state index is 8.70. The summed E-state index contributed by atoms with van der Waals surface area (Å²) < 4.78 is 0.492. The maximum atomic E-state index is 8.70. The number of hydrogen-bond acceptors (Lipinski definition) is 1. The van der Waals surface area contributed by atoms with Gasteiger partial charge in [-0.05, 0) is 17.7 Å². The summed E-state index contributed by atoms with van der Waals surface area (Å²) in [5, 5.41) is 10.2. The third-order valence-electron chi connectivity index (χ3n) is 2.00. The smallest absolute Gasteiger partial charge is 0.117 e. The van der Waals surface area contributed by atoms with E-state index in [1.165, 1.54) is 0 Å². The van der Waals surface area contributed by atoms with Crippen LogP contribution in [0.2, 0.25) is 0 Å². The fraction of sp³-hybridized carbons (Fsp3) is 0. The number of nitrogens with zero attached hydrogens (tertiary/aromatic N) is 1. The molecule has 3 heteroatoms. The van der Waals surface area contributed by atoms with Crippen LogP contribution in [0.1, 0.15) is 0 Å². The summed E-state index contributed by atoms with van der Waals surface area (Å²) in [4.78, 5) is 3.02. The van der Waals surface area contributed by atoms with Gasteiger partial charge in [0, 0.05) is 10.6 Å². The average Bonchev–Trinajstić information content (AvgIpc) is 2.70. The summed E-state index contributed by atoms with van der Waals surface area (Å²) in [5.74, 6) is 2.03. The van der Waals surface area contributed by atoms with Crippen molar-refractivity contribution in [2.45, 2.75) is 0 Å². The lowest BCUT2D eigenvalue weighted by atomic mass is 10.2. The van der Waals surface area contributed by atoms with Gasteiger partial charge in [-0.25, -0.2) is 0 Å². The maximum Gasteiger partial charge on any atom is 0.117 e. The van der Waals surface area contributed by atoms with Crippen LogP contribution in [-0.4, -0.2) is 10.9 Å². The molecule has 0 aromatic carbocycles. The first kappa shape index (κ1) is 8.88. The van der Waals surface area contributed by atoms with Crippen LogP contribution in [0.3, 0.4) is 0 Å². The van der Waals surface area contributed by atoms with E-state index < -0.39 is 0 Å². The molecule has 0 aliphatic heterocycles. The highest BCUT2D eigenvalue weighted by atomic mass is 32.1. The normalized spacial score (nSPS) is 13.3. The van der Waals surface area contributed by atoms with Crippen LogP contribution in [0, 0.1) is 4.64 Å². The number of aromatic nitrogens is 1. The van der Waals surface area contributed by atoms with Crippen LogP contribution in [0.4, 0.5) is 0 Å². The van der Waals surface area contributed by atoms with E-state index >= 15 is 0 Å². The average molecular weight is 199 g/mol. The van der Waals surface area contributed by atoms with Gasteiger partial charge in [-0.2, -0.15) is 0 Å². The highest BCUT2D eigenvalue weighted by molar-refractivity contribution is 7.71. The fourth-order valence-electron chi connectivity index (χ4n) is 1.28. The highest BCUT2D eigenvalue weighted by Crippen LogP contribution is 2.04. The van der Waals surface area contributed by atoms with Gasteiger partial charge < -0.3 is 10.4 Å². The van der Waals surface area contributed by atoms with Crippen molar-refractivity contribution in [2.24, 2.45) is 0 Å². The third kappa shape index (κ3) is 1.51. The second-order valence-corrected chi connectivity index (χ2v) is 3.31. The van der Waals surface area contributed by atoms with Crippen LogP contribution in [0.25, 0.3) is 11.0 Å². The quantitative estimate of drug-likeness (QED) is 0.490. The molecule has 0 spiro atoms. The Labute approximate surface area is 86.1 Å². The van der Waals surface area contributed by atoms with Crippen molar-refractivity contribution >= 4 is 23.7 Å². The molecular formula is C11H7N2S-. The number of H-pyrrole nitrogens is 1. The number of pyridine rings is 1. The van der Waals surface area contributed by atoms with Gasteiger partial charge in [0.25, 0.3) is 0 Å². The molecule has 1 N–H and O–H groups in total. The second-order valence-electron chi connectivity index (χ2n) is 2.90. The second kappa shape index (κ2) is 3.58. The van der Waals surface area contributed by atoms with Crippen molar-refractivity contribution in [3.05, 3.63) is 57.1 Å². The molecule has 2 rings (SSSR count). The molecule has 0 amide bonds. The van der Waals surface area contributed by atoms with Crippen LogP contribution in [0.5, 0.6) is 0 Å². The van der Waals surface area contributed by atoms with Crippen molar-refractivity contribution in [3.8, 4) is 0 Å². The Morgan fingerprint density at radius 3 is 2.50 bits per heavy atom. The fourth-order valence-corrected chi connectivity index (χ4v) is 1.51. The predicted molar refractivity (Wildman–Crippen MR) is 60.0 cm³/mol. The Kier molecular flexibility index (Phi) is 2.27. The standard InChI is InChI=1S/C11H7N2S/c12-7-9-5-6-10(13-11(9)14)8-3-1-2-4-8/h1-6H,(H,13,14)/q-1. The molecule has 1 aromatic rings. The largest absolute Gasteiger partial charge is 0.763 e. The van der Waals surface area contributed by atoms with Gasteiger partial charge in [-0.3, -0.25) is 5.87 Å². The van der Waals surface area contributed by atoms with Gasteiger partial charge in [-0.1, -0.05) is 36.5 Å². The van der Waals surface area contributed by atoms with Crippen LogP contribution in [-0.2, 0) is 0 Å². The number of allylic oxidation sites excluding steroid dienone is 4. The van der Waals surface area contributed by atoms with E-state index in [1.54, 1.807) is 6.07 Å².